The number of hydrogen-bond acceptors (Lipinski definition) is 2. The summed E-state index contributed by atoms with van der Waals surface area (Å²) in [4.78, 5) is 11.6. The third kappa shape index (κ3) is 2.58. The molecule has 0 saturated heterocycles. The highest BCUT2D eigenvalue weighted by Crippen LogP contribution is 1.95. The molecular formula is C10H17N3O. The zero-order valence-electron chi connectivity index (χ0n) is 8.65. The van der Waals surface area contributed by atoms with Gasteiger partial charge in [0.1, 0.15) is 6.33 Å². The van der Waals surface area contributed by atoms with Crippen molar-refractivity contribution in [1.29, 1.82) is 0 Å². The first-order valence-electron chi connectivity index (χ1n) is 5.02. The molecule has 4 nitrogen and oxygen atoms in total. The molecule has 1 aromatic rings. The van der Waals surface area contributed by atoms with Gasteiger partial charge in [0.15, 0.2) is 0 Å². The van der Waals surface area contributed by atoms with E-state index in [2.05, 4.69) is 18.6 Å². The van der Waals surface area contributed by atoms with E-state index in [9.17, 15) is 4.79 Å². The molecule has 0 aliphatic rings. The van der Waals surface area contributed by atoms with Crippen LogP contribution in [0.15, 0.2) is 23.8 Å². The molecule has 1 aromatic heterocycles. The molecule has 0 fully saturated rings. The maximum atomic E-state index is 11.6. The quantitative estimate of drug-likeness (QED) is 0.508. The standard InChI is InChI=1S/C10H17N3O/c1-3-5-6-8-13-10(14)12(7-4-2)9-11-13/h4,9H,2-3,5-8H2,1H3. The van der Waals surface area contributed by atoms with Crippen molar-refractivity contribution in [3.05, 3.63) is 29.5 Å². The molecule has 0 unspecified atom stereocenters. The van der Waals surface area contributed by atoms with Gasteiger partial charge in [-0.1, -0.05) is 25.8 Å². The van der Waals surface area contributed by atoms with Crippen LogP contribution in [0.5, 0.6) is 0 Å². The van der Waals surface area contributed by atoms with Crippen LogP contribution in [0, 0.1) is 0 Å². The molecule has 0 bridgehead atoms. The predicted molar refractivity (Wildman–Crippen MR) is 56.2 cm³/mol. The molecule has 1 rings (SSSR count). The number of aryl methyl sites for hydroxylation is 1. The van der Waals surface area contributed by atoms with E-state index in [4.69, 9.17) is 0 Å². The number of rotatable bonds is 6. The zero-order chi connectivity index (χ0) is 10.4. The summed E-state index contributed by atoms with van der Waals surface area (Å²) in [6, 6.07) is 0. The largest absolute Gasteiger partial charge is 0.345 e. The van der Waals surface area contributed by atoms with Gasteiger partial charge in [0.25, 0.3) is 0 Å². The lowest BCUT2D eigenvalue weighted by molar-refractivity contribution is 0.531. The molecule has 0 aromatic carbocycles. The number of allylic oxidation sites excluding steroid dienone is 1. The summed E-state index contributed by atoms with van der Waals surface area (Å²) in [5, 5.41) is 4.03. The lowest BCUT2D eigenvalue weighted by Gasteiger charge is -1.97. The molecule has 78 valence electrons. The lowest BCUT2D eigenvalue weighted by Crippen LogP contribution is -2.24. The van der Waals surface area contributed by atoms with Crippen LogP contribution < -0.4 is 5.69 Å². The van der Waals surface area contributed by atoms with Gasteiger partial charge in [-0.2, -0.15) is 5.10 Å². The molecule has 0 radical (unpaired) electrons. The van der Waals surface area contributed by atoms with Gasteiger partial charge in [0.05, 0.1) is 0 Å². The molecule has 0 amide bonds. The smallest absolute Gasteiger partial charge is 0.278 e. The van der Waals surface area contributed by atoms with E-state index in [0.29, 0.717) is 6.54 Å². The zero-order valence-corrected chi connectivity index (χ0v) is 8.65. The Hall–Kier alpha value is -1.32. The van der Waals surface area contributed by atoms with E-state index in [0.717, 1.165) is 25.8 Å². The highest BCUT2D eigenvalue weighted by Gasteiger charge is 2.01. The Labute approximate surface area is 83.9 Å². The average Bonchev–Trinajstić information content (AvgIpc) is 2.51. The second kappa shape index (κ2) is 5.42. The van der Waals surface area contributed by atoms with Crippen LogP contribution in [-0.2, 0) is 13.1 Å². The van der Waals surface area contributed by atoms with E-state index >= 15 is 0 Å². The summed E-state index contributed by atoms with van der Waals surface area (Å²) >= 11 is 0. The molecule has 0 spiro atoms. The van der Waals surface area contributed by atoms with Crippen LogP contribution in [0.4, 0.5) is 0 Å². The van der Waals surface area contributed by atoms with Crippen molar-refractivity contribution in [3.63, 3.8) is 0 Å². The Kier molecular flexibility index (Phi) is 4.16. The monoisotopic (exact) mass is 195 g/mol. The number of aromatic nitrogens is 3. The van der Waals surface area contributed by atoms with Crippen LogP contribution in [0.3, 0.4) is 0 Å². The summed E-state index contributed by atoms with van der Waals surface area (Å²) in [5.74, 6) is 0. The Balaban J connectivity index is 2.60. The second-order valence-corrected chi connectivity index (χ2v) is 3.28. The highest BCUT2D eigenvalue weighted by molar-refractivity contribution is 4.75. The third-order valence-corrected chi connectivity index (χ3v) is 2.10. The molecule has 4 heteroatoms. The first-order valence-corrected chi connectivity index (χ1v) is 5.02. The second-order valence-electron chi connectivity index (χ2n) is 3.28. The lowest BCUT2D eigenvalue weighted by atomic mass is 10.2. The van der Waals surface area contributed by atoms with Gasteiger partial charge in [0.2, 0.25) is 0 Å². The van der Waals surface area contributed by atoms with Crippen LogP contribution in [0.1, 0.15) is 26.2 Å². The Morgan fingerprint density at radius 1 is 1.57 bits per heavy atom. The number of unbranched alkanes of at least 4 members (excludes halogenated alkanes) is 2. The molecular weight excluding hydrogens is 178 g/mol. The minimum Gasteiger partial charge on any atom is -0.278 e. The fourth-order valence-electron chi connectivity index (χ4n) is 1.30. The summed E-state index contributed by atoms with van der Waals surface area (Å²) < 4.78 is 3.07. The van der Waals surface area contributed by atoms with Gasteiger partial charge < -0.3 is 0 Å². The van der Waals surface area contributed by atoms with Crippen molar-refractivity contribution in [1.82, 2.24) is 14.3 Å². The third-order valence-electron chi connectivity index (χ3n) is 2.10. The molecule has 0 N–H and O–H groups in total. The van der Waals surface area contributed by atoms with Gasteiger partial charge in [-0.05, 0) is 6.42 Å². The van der Waals surface area contributed by atoms with Gasteiger partial charge in [-0.25, -0.2) is 9.48 Å². The van der Waals surface area contributed by atoms with Crippen LogP contribution in [0.25, 0.3) is 0 Å². The summed E-state index contributed by atoms with van der Waals surface area (Å²) in [6.45, 7) is 6.98. The van der Waals surface area contributed by atoms with Crippen molar-refractivity contribution in [2.75, 3.05) is 0 Å². The van der Waals surface area contributed by atoms with Gasteiger partial charge in [-0.15, -0.1) is 6.58 Å². The predicted octanol–water partition coefficient (Wildman–Crippen LogP) is 1.42. The normalized spacial score (nSPS) is 10.4. The van der Waals surface area contributed by atoms with Crippen molar-refractivity contribution in [2.45, 2.75) is 39.3 Å². The van der Waals surface area contributed by atoms with Crippen molar-refractivity contribution in [3.8, 4) is 0 Å². The van der Waals surface area contributed by atoms with Crippen LogP contribution >= 0.6 is 0 Å². The van der Waals surface area contributed by atoms with Crippen molar-refractivity contribution < 1.29 is 0 Å². The van der Waals surface area contributed by atoms with Gasteiger partial charge in [0, 0.05) is 13.1 Å². The SMILES string of the molecule is C=CCn1cnn(CCCCC)c1=O. The Morgan fingerprint density at radius 2 is 2.36 bits per heavy atom. The first kappa shape index (κ1) is 10.8. The van der Waals surface area contributed by atoms with E-state index in [1.54, 1.807) is 17.0 Å². The highest BCUT2D eigenvalue weighted by atomic mass is 16.2. The summed E-state index contributed by atoms with van der Waals surface area (Å²) in [6.07, 6.45) is 6.57. The molecule has 0 saturated carbocycles. The minimum atomic E-state index is -0.0407. The fraction of sp³-hybridized carbons (Fsp3) is 0.600. The number of nitrogens with zero attached hydrogens (tertiary/aromatic N) is 3. The minimum absolute atomic E-state index is 0.0407. The van der Waals surface area contributed by atoms with E-state index in [1.807, 2.05) is 0 Å². The maximum absolute atomic E-state index is 11.6. The van der Waals surface area contributed by atoms with Crippen LogP contribution in [-0.4, -0.2) is 14.3 Å². The summed E-state index contributed by atoms with van der Waals surface area (Å²) in [7, 11) is 0. The molecule has 0 atom stereocenters. The number of hydrogen-bond donors (Lipinski definition) is 0. The fourth-order valence-corrected chi connectivity index (χ4v) is 1.30. The maximum Gasteiger partial charge on any atom is 0.345 e. The molecule has 1 heterocycles. The van der Waals surface area contributed by atoms with Gasteiger partial charge >= 0.3 is 5.69 Å². The molecule has 14 heavy (non-hydrogen) atoms. The Morgan fingerprint density at radius 3 is 3.00 bits per heavy atom. The topological polar surface area (TPSA) is 39.8 Å². The van der Waals surface area contributed by atoms with Crippen LogP contribution in [0.2, 0.25) is 0 Å². The van der Waals surface area contributed by atoms with E-state index in [1.165, 1.54) is 4.68 Å². The molecule has 0 aliphatic carbocycles. The van der Waals surface area contributed by atoms with E-state index in [-0.39, 0.29) is 5.69 Å². The van der Waals surface area contributed by atoms with Crippen molar-refractivity contribution >= 4 is 0 Å². The van der Waals surface area contributed by atoms with Crippen molar-refractivity contribution in [2.24, 2.45) is 0 Å². The first-order chi connectivity index (χ1) is 6.79. The average molecular weight is 195 g/mol. The molecule has 0 aliphatic heterocycles. The summed E-state index contributed by atoms with van der Waals surface area (Å²) in [5.41, 5.74) is -0.0407. The van der Waals surface area contributed by atoms with Gasteiger partial charge in [-0.3, -0.25) is 4.57 Å². The van der Waals surface area contributed by atoms with E-state index < -0.39 is 0 Å². The Bertz CT molecular complexity index is 337.